The minimum Gasteiger partial charge on any atom is -0.370 e. The molecule has 4 rings (SSSR count). The van der Waals surface area contributed by atoms with Crippen molar-refractivity contribution in [3.63, 3.8) is 0 Å². The van der Waals surface area contributed by atoms with E-state index in [1.54, 1.807) is 42.6 Å². The van der Waals surface area contributed by atoms with Crippen LogP contribution >= 0.6 is 47.8 Å². The summed E-state index contributed by atoms with van der Waals surface area (Å²) in [5.41, 5.74) is 11.9. The number of imidazole rings is 1. The summed E-state index contributed by atoms with van der Waals surface area (Å²) in [6.45, 7) is -0.122. The number of aromatic amines is 3. The van der Waals surface area contributed by atoms with E-state index in [1.165, 1.54) is 0 Å². The molecule has 1 unspecified atom stereocenters. The molecule has 1 atom stereocenters. The first kappa shape index (κ1) is 33.2. The summed E-state index contributed by atoms with van der Waals surface area (Å²) >= 11 is 9.89. The van der Waals surface area contributed by atoms with Gasteiger partial charge in [-0.2, -0.15) is 8.42 Å². The molecule has 2 amide bonds. The number of nitrogens with zero attached hydrogens (tertiary/aromatic N) is 3. The normalized spacial score (nSPS) is 17.8. The van der Waals surface area contributed by atoms with Gasteiger partial charge >= 0.3 is 0 Å². The van der Waals surface area contributed by atoms with Crippen molar-refractivity contribution in [1.82, 2.24) is 35.9 Å². The third-order valence-electron chi connectivity index (χ3n) is 5.91. The molecule has 3 aromatic rings. The molecule has 3 aromatic heterocycles. The molecule has 11 N–H and O–H groups in total. The van der Waals surface area contributed by atoms with Gasteiger partial charge in [-0.1, -0.05) is 12.2 Å². The van der Waals surface area contributed by atoms with E-state index < -0.39 is 21.4 Å². The lowest BCUT2D eigenvalue weighted by Gasteiger charge is -2.22. The molecular weight excluding hydrogens is 794 g/mol. The van der Waals surface area contributed by atoms with E-state index in [0.717, 1.165) is 0 Å². The quantitative estimate of drug-likeness (QED) is 0.0952. The van der Waals surface area contributed by atoms with E-state index in [1.807, 2.05) is 0 Å². The van der Waals surface area contributed by atoms with Gasteiger partial charge in [-0.3, -0.25) is 19.1 Å². The Morgan fingerprint density at radius 3 is 2.41 bits per heavy atom. The molecule has 0 fully saturated rings. The number of H-pyrrole nitrogens is 3. The summed E-state index contributed by atoms with van der Waals surface area (Å²) in [5, 5.41) is 8.31. The Morgan fingerprint density at radius 1 is 1.07 bits per heavy atom. The first-order valence-electron chi connectivity index (χ1n) is 12.5. The van der Waals surface area contributed by atoms with Gasteiger partial charge in [0.1, 0.15) is 17.2 Å². The lowest BCUT2D eigenvalue weighted by atomic mass is 9.92. The lowest BCUT2D eigenvalue weighted by Crippen LogP contribution is -2.39. The fourth-order valence-corrected chi connectivity index (χ4v) is 5.35. The van der Waals surface area contributed by atoms with Gasteiger partial charge in [-0.15, -0.1) is 0 Å². The number of aliphatic imine (C=N–C) groups is 2. The van der Waals surface area contributed by atoms with Crippen molar-refractivity contribution in [3.8, 4) is 0 Å². The maximum atomic E-state index is 12.5. The maximum Gasteiger partial charge on any atom is 0.268 e. The molecule has 0 aliphatic carbocycles. The molecular formula is C24H26Br3N11O5S. The zero-order valence-electron chi connectivity index (χ0n) is 22.5. The van der Waals surface area contributed by atoms with Crippen LogP contribution < -0.4 is 27.4 Å². The van der Waals surface area contributed by atoms with Crippen LogP contribution in [0.15, 0.2) is 60.1 Å². The van der Waals surface area contributed by atoms with Gasteiger partial charge in [0, 0.05) is 23.8 Å². The number of rotatable bonds is 12. The van der Waals surface area contributed by atoms with Crippen molar-refractivity contribution in [3.05, 3.63) is 72.9 Å². The van der Waals surface area contributed by atoms with Gasteiger partial charge in [-0.25, -0.2) is 9.98 Å². The van der Waals surface area contributed by atoms with E-state index >= 15 is 0 Å². The van der Waals surface area contributed by atoms with Crippen LogP contribution in [0.2, 0.25) is 0 Å². The Kier molecular flexibility index (Phi) is 10.5. The van der Waals surface area contributed by atoms with Gasteiger partial charge < -0.3 is 42.4 Å². The van der Waals surface area contributed by atoms with E-state index in [9.17, 15) is 22.6 Å². The number of anilines is 1. The van der Waals surface area contributed by atoms with Gasteiger partial charge in [-0.05, 0) is 72.1 Å². The summed E-state index contributed by atoms with van der Waals surface area (Å²) in [5.74, 6) is -1.25. The summed E-state index contributed by atoms with van der Waals surface area (Å²) in [6.07, 6.45) is 8.06. The predicted molar refractivity (Wildman–Crippen MR) is 176 cm³/mol. The summed E-state index contributed by atoms with van der Waals surface area (Å²) in [6, 6.07) is 3.25. The zero-order chi connectivity index (χ0) is 32.1. The fourth-order valence-electron chi connectivity index (χ4n) is 4.03. The standard InChI is InChI=1S/C24H26Br3N11O5S/c25-12-9-15(33-11-12)19(39)31-6-2-4-24(21(37-23(29)38-24)32-7-8-44(41,42)43)17-14(35-22(28)36-17)3-1-5-30-20(40)16-10-13(26)18(27)34-16/h1-4,9-11,33-34H,5-8H2,(H,30,40)(H,31,39)(H3,28,35,36)(H,41,42,43)(H3,29,32,37,38)/b3-1+,4-2+. The molecule has 16 nitrogen and oxygen atoms in total. The van der Waals surface area contributed by atoms with Crippen molar-refractivity contribution >= 4 is 93.5 Å². The van der Waals surface area contributed by atoms with Crippen LogP contribution in [0.25, 0.3) is 6.08 Å². The number of hydrogen-bond acceptors (Lipinski definition) is 9. The van der Waals surface area contributed by atoms with Gasteiger partial charge in [0.25, 0.3) is 21.9 Å². The lowest BCUT2D eigenvalue weighted by molar-refractivity contribution is 0.0945. The molecule has 0 spiro atoms. The van der Waals surface area contributed by atoms with Crippen molar-refractivity contribution in [2.45, 2.75) is 5.54 Å². The number of aromatic nitrogens is 4. The highest BCUT2D eigenvalue weighted by atomic mass is 79.9. The molecule has 1 aliphatic rings. The SMILES string of the molecule is NC1=NC(/C=C/CNC(=O)c2cc(Br)c[nH]2)(c2[nH]c(N)nc2/C=C/CNC(=O)c2cc(Br)c(Br)[nH]2)C(=NCCS(=O)(=O)O)N1. The second-order valence-electron chi connectivity index (χ2n) is 9.09. The second-order valence-corrected chi connectivity index (χ2v) is 13.2. The molecule has 0 radical (unpaired) electrons. The summed E-state index contributed by atoms with van der Waals surface area (Å²) in [4.78, 5) is 46.8. The molecule has 4 heterocycles. The van der Waals surface area contributed by atoms with Gasteiger partial charge in [0.05, 0.1) is 32.8 Å². The van der Waals surface area contributed by atoms with Crippen molar-refractivity contribution < 1.29 is 22.6 Å². The largest absolute Gasteiger partial charge is 0.370 e. The van der Waals surface area contributed by atoms with Gasteiger partial charge in [0.15, 0.2) is 17.4 Å². The highest BCUT2D eigenvalue weighted by molar-refractivity contribution is 9.13. The maximum absolute atomic E-state index is 12.5. The monoisotopic (exact) mass is 817 g/mol. The number of nitrogens with two attached hydrogens (primary N) is 2. The number of carbonyl (C=O) groups excluding carboxylic acids is 2. The van der Waals surface area contributed by atoms with E-state index in [-0.39, 0.29) is 49.2 Å². The summed E-state index contributed by atoms with van der Waals surface area (Å²) in [7, 11) is -4.30. The smallest absolute Gasteiger partial charge is 0.268 e. The number of amidine groups is 1. The Hall–Kier alpha value is -3.72. The highest BCUT2D eigenvalue weighted by Gasteiger charge is 2.44. The minimum absolute atomic E-state index is 0.0288. The number of carbonyl (C=O) groups is 2. The molecule has 0 bridgehead atoms. The minimum atomic E-state index is -4.30. The van der Waals surface area contributed by atoms with Crippen molar-refractivity contribution in [2.24, 2.45) is 15.7 Å². The average molecular weight is 820 g/mol. The Morgan fingerprint density at radius 2 is 1.77 bits per heavy atom. The zero-order valence-corrected chi connectivity index (χ0v) is 28.1. The average Bonchev–Trinajstić information content (AvgIpc) is 3.70. The second kappa shape index (κ2) is 13.9. The summed E-state index contributed by atoms with van der Waals surface area (Å²) < 4.78 is 33.9. The number of guanidine groups is 1. The molecule has 234 valence electrons. The number of nitrogen functional groups attached to an aromatic ring is 1. The first-order valence-corrected chi connectivity index (χ1v) is 16.5. The van der Waals surface area contributed by atoms with Gasteiger partial charge in [0.2, 0.25) is 0 Å². The van der Waals surface area contributed by atoms with Crippen LogP contribution in [0.3, 0.4) is 0 Å². The third-order valence-corrected chi connectivity index (χ3v) is 8.85. The predicted octanol–water partition coefficient (Wildman–Crippen LogP) is 1.76. The van der Waals surface area contributed by atoms with Crippen molar-refractivity contribution in [1.29, 1.82) is 0 Å². The van der Waals surface area contributed by atoms with Crippen LogP contribution in [-0.4, -0.2) is 81.9 Å². The topological polar surface area (TPSA) is 262 Å². The molecule has 44 heavy (non-hydrogen) atoms. The molecule has 0 aromatic carbocycles. The Balaban J connectivity index is 1.61. The fraction of sp³-hybridized carbons (Fsp3) is 0.208. The van der Waals surface area contributed by atoms with Crippen LogP contribution in [0.5, 0.6) is 0 Å². The molecule has 1 aliphatic heterocycles. The van der Waals surface area contributed by atoms with Crippen LogP contribution in [0, 0.1) is 0 Å². The van der Waals surface area contributed by atoms with Crippen LogP contribution in [-0.2, 0) is 15.7 Å². The van der Waals surface area contributed by atoms with E-state index in [2.05, 4.69) is 93.7 Å². The number of amides is 2. The molecule has 0 saturated carbocycles. The Bertz CT molecular complexity index is 1770. The molecule has 0 saturated heterocycles. The van der Waals surface area contributed by atoms with Crippen LogP contribution in [0.1, 0.15) is 32.4 Å². The van der Waals surface area contributed by atoms with E-state index in [4.69, 9.17) is 11.5 Å². The molecule has 20 heteroatoms. The van der Waals surface area contributed by atoms with E-state index in [0.29, 0.717) is 36.3 Å². The number of nitrogens with one attached hydrogen (secondary N) is 6. The first-order chi connectivity index (χ1) is 20.8. The third kappa shape index (κ3) is 8.25. The Labute approximate surface area is 275 Å². The highest BCUT2D eigenvalue weighted by Crippen LogP contribution is 2.34. The number of halogens is 3. The number of hydrogen-bond donors (Lipinski definition) is 9. The van der Waals surface area contributed by atoms with Crippen LogP contribution in [0.4, 0.5) is 5.95 Å². The van der Waals surface area contributed by atoms with Crippen molar-refractivity contribution in [2.75, 3.05) is 31.1 Å².